The maximum absolute atomic E-state index is 5.50. The number of aromatic nitrogens is 6. The van der Waals surface area contributed by atoms with Crippen molar-refractivity contribution in [3.8, 4) is 16.9 Å². The lowest BCUT2D eigenvalue weighted by Crippen LogP contribution is -2.28. The van der Waals surface area contributed by atoms with Gasteiger partial charge in [-0.25, -0.2) is 4.52 Å². The van der Waals surface area contributed by atoms with Crippen LogP contribution in [0.1, 0.15) is 24.6 Å². The van der Waals surface area contributed by atoms with E-state index < -0.39 is 0 Å². The van der Waals surface area contributed by atoms with Crippen LogP contribution in [0.15, 0.2) is 43.0 Å². The van der Waals surface area contributed by atoms with Crippen LogP contribution in [0.3, 0.4) is 0 Å². The SMILES string of the molecule is CCn1ncc2c1CCC(Nc1nc3c(-c4cnccc4OC)cccn3n1)C2. The molecule has 0 aromatic carbocycles. The summed E-state index contributed by atoms with van der Waals surface area (Å²) in [6, 6.07) is 6.12. The molecule has 1 aliphatic rings. The molecule has 0 saturated carbocycles. The Morgan fingerprint density at radius 3 is 3.03 bits per heavy atom. The first-order valence-electron chi connectivity index (χ1n) is 9.90. The Morgan fingerprint density at radius 2 is 2.17 bits per heavy atom. The van der Waals surface area contributed by atoms with Crippen molar-refractivity contribution in [2.75, 3.05) is 12.4 Å². The molecule has 1 unspecified atom stereocenters. The minimum Gasteiger partial charge on any atom is -0.496 e. The highest BCUT2D eigenvalue weighted by molar-refractivity contribution is 5.81. The maximum atomic E-state index is 5.50. The van der Waals surface area contributed by atoms with E-state index in [-0.39, 0.29) is 0 Å². The number of fused-ring (bicyclic) bond motifs is 2. The topological polar surface area (TPSA) is 82.2 Å². The van der Waals surface area contributed by atoms with Crippen molar-refractivity contribution in [1.29, 1.82) is 0 Å². The van der Waals surface area contributed by atoms with Crippen molar-refractivity contribution in [1.82, 2.24) is 29.4 Å². The van der Waals surface area contributed by atoms with Gasteiger partial charge >= 0.3 is 0 Å². The number of anilines is 1. The Kier molecular flexibility index (Phi) is 4.38. The molecule has 4 aromatic heterocycles. The molecule has 0 fully saturated rings. The van der Waals surface area contributed by atoms with Gasteiger partial charge in [-0.1, -0.05) is 0 Å². The molecule has 148 valence electrons. The average molecular weight is 389 g/mol. The van der Waals surface area contributed by atoms with Gasteiger partial charge in [0.1, 0.15) is 5.75 Å². The summed E-state index contributed by atoms with van der Waals surface area (Å²) in [5.41, 5.74) is 5.29. The molecule has 4 aromatic rings. The third-order valence-corrected chi connectivity index (χ3v) is 5.52. The van der Waals surface area contributed by atoms with Crippen molar-refractivity contribution < 1.29 is 4.74 Å². The van der Waals surface area contributed by atoms with Gasteiger partial charge in [0.25, 0.3) is 0 Å². The van der Waals surface area contributed by atoms with Crippen LogP contribution >= 0.6 is 0 Å². The van der Waals surface area contributed by atoms with Crippen LogP contribution in [-0.4, -0.2) is 42.5 Å². The lowest BCUT2D eigenvalue weighted by atomic mass is 9.93. The minimum absolute atomic E-state index is 0.297. The summed E-state index contributed by atoms with van der Waals surface area (Å²) in [5.74, 6) is 1.40. The monoisotopic (exact) mass is 389 g/mol. The zero-order valence-corrected chi connectivity index (χ0v) is 16.5. The van der Waals surface area contributed by atoms with Gasteiger partial charge in [0.2, 0.25) is 5.95 Å². The fourth-order valence-electron chi connectivity index (χ4n) is 4.11. The summed E-state index contributed by atoms with van der Waals surface area (Å²) >= 11 is 0. The van der Waals surface area contributed by atoms with Gasteiger partial charge in [0, 0.05) is 48.0 Å². The van der Waals surface area contributed by atoms with Crippen LogP contribution in [0.25, 0.3) is 16.8 Å². The number of ether oxygens (including phenoxy) is 1. The predicted octanol–water partition coefficient (Wildman–Crippen LogP) is 2.99. The quantitative estimate of drug-likeness (QED) is 0.565. The van der Waals surface area contributed by atoms with E-state index in [2.05, 4.69) is 32.1 Å². The normalized spacial score (nSPS) is 16.0. The molecule has 0 bridgehead atoms. The number of nitrogens with zero attached hydrogens (tertiary/aromatic N) is 6. The summed E-state index contributed by atoms with van der Waals surface area (Å²) < 4.78 is 9.40. The van der Waals surface area contributed by atoms with E-state index >= 15 is 0 Å². The first kappa shape index (κ1) is 17.7. The number of nitrogens with one attached hydrogen (secondary N) is 1. The van der Waals surface area contributed by atoms with Gasteiger partial charge in [-0.3, -0.25) is 9.67 Å². The second-order valence-corrected chi connectivity index (χ2v) is 7.22. The van der Waals surface area contributed by atoms with Crippen LogP contribution < -0.4 is 10.1 Å². The second kappa shape index (κ2) is 7.20. The number of rotatable bonds is 5. The largest absolute Gasteiger partial charge is 0.496 e. The highest BCUT2D eigenvalue weighted by Crippen LogP contribution is 2.31. The summed E-state index contributed by atoms with van der Waals surface area (Å²) in [4.78, 5) is 9.02. The molecular formula is C21H23N7O. The fraction of sp³-hybridized carbons (Fsp3) is 0.333. The third-order valence-electron chi connectivity index (χ3n) is 5.52. The van der Waals surface area contributed by atoms with Gasteiger partial charge < -0.3 is 10.1 Å². The van der Waals surface area contributed by atoms with Crippen LogP contribution in [0.4, 0.5) is 5.95 Å². The van der Waals surface area contributed by atoms with E-state index in [4.69, 9.17) is 9.72 Å². The minimum atomic E-state index is 0.297. The number of methoxy groups -OCH3 is 1. The van der Waals surface area contributed by atoms with E-state index in [9.17, 15) is 0 Å². The van der Waals surface area contributed by atoms with Crippen LogP contribution in [-0.2, 0) is 19.4 Å². The Hall–Kier alpha value is -3.42. The summed E-state index contributed by atoms with van der Waals surface area (Å²) in [7, 11) is 1.66. The van der Waals surface area contributed by atoms with Crippen molar-refractivity contribution >= 4 is 11.6 Å². The molecule has 0 radical (unpaired) electrons. The van der Waals surface area contributed by atoms with Crippen molar-refractivity contribution in [3.05, 3.63) is 54.2 Å². The molecule has 8 heteroatoms. The van der Waals surface area contributed by atoms with E-state index in [0.29, 0.717) is 12.0 Å². The zero-order valence-electron chi connectivity index (χ0n) is 16.5. The van der Waals surface area contributed by atoms with Gasteiger partial charge in [0.05, 0.1) is 13.3 Å². The second-order valence-electron chi connectivity index (χ2n) is 7.22. The Morgan fingerprint density at radius 1 is 1.24 bits per heavy atom. The lowest BCUT2D eigenvalue weighted by molar-refractivity contribution is 0.416. The third kappa shape index (κ3) is 3.10. The molecule has 5 rings (SSSR count). The molecule has 4 heterocycles. The zero-order chi connectivity index (χ0) is 19.8. The average Bonchev–Trinajstić information content (AvgIpc) is 3.36. The van der Waals surface area contributed by atoms with E-state index in [0.717, 1.165) is 48.3 Å². The molecule has 0 spiro atoms. The summed E-state index contributed by atoms with van der Waals surface area (Å²) in [5, 5.41) is 12.6. The smallest absolute Gasteiger partial charge is 0.243 e. The molecule has 1 aliphatic carbocycles. The van der Waals surface area contributed by atoms with E-state index in [1.807, 2.05) is 30.6 Å². The summed E-state index contributed by atoms with van der Waals surface area (Å²) in [6.45, 7) is 3.05. The molecular weight excluding hydrogens is 366 g/mol. The molecule has 8 nitrogen and oxygen atoms in total. The Balaban J connectivity index is 1.44. The lowest BCUT2D eigenvalue weighted by Gasteiger charge is -2.23. The van der Waals surface area contributed by atoms with Crippen molar-refractivity contribution in [2.45, 2.75) is 38.8 Å². The molecule has 0 saturated heterocycles. The van der Waals surface area contributed by atoms with Crippen LogP contribution in [0.2, 0.25) is 0 Å². The highest BCUT2D eigenvalue weighted by atomic mass is 16.5. The number of hydrogen-bond acceptors (Lipinski definition) is 6. The Labute approximate surface area is 168 Å². The molecule has 1 N–H and O–H groups in total. The maximum Gasteiger partial charge on any atom is 0.243 e. The summed E-state index contributed by atoms with van der Waals surface area (Å²) in [6.07, 6.45) is 10.4. The van der Waals surface area contributed by atoms with Gasteiger partial charge in [-0.15, -0.1) is 5.10 Å². The number of pyridine rings is 2. The molecule has 29 heavy (non-hydrogen) atoms. The van der Waals surface area contributed by atoms with Crippen LogP contribution in [0, 0.1) is 0 Å². The number of hydrogen-bond donors (Lipinski definition) is 1. The molecule has 0 aliphatic heterocycles. The molecule has 1 atom stereocenters. The fourth-order valence-corrected chi connectivity index (χ4v) is 4.11. The van der Waals surface area contributed by atoms with Crippen LogP contribution in [0.5, 0.6) is 5.75 Å². The van der Waals surface area contributed by atoms with Gasteiger partial charge in [-0.05, 0) is 49.9 Å². The van der Waals surface area contributed by atoms with Gasteiger partial charge in [0.15, 0.2) is 5.65 Å². The number of aryl methyl sites for hydroxylation is 1. The Bertz CT molecular complexity index is 1160. The standard InChI is InChI=1S/C21H23N7O/c1-3-27-18-7-6-15(11-14(18)12-23-27)24-21-25-20-16(5-4-10-28(20)26-21)17-13-22-9-8-19(17)29-2/h4-5,8-10,12-13,15H,3,6-7,11H2,1-2H3,(H,24,26). The predicted molar refractivity (Wildman–Crippen MR) is 110 cm³/mol. The molecule has 0 amide bonds. The van der Waals surface area contributed by atoms with Gasteiger partial charge in [-0.2, -0.15) is 10.1 Å². The van der Waals surface area contributed by atoms with Crippen molar-refractivity contribution in [3.63, 3.8) is 0 Å². The highest BCUT2D eigenvalue weighted by Gasteiger charge is 2.23. The first-order chi connectivity index (χ1) is 14.3. The van der Waals surface area contributed by atoms with E-state index in [1.54, 1.807) is 24.0 Å². The first-order valence-corrected chi connectivity index (χ1v) is 9.90. The van der Waals surface area contributed by atoms with E-state index in [1.165, 1.54) is 11.3 Å². The van der Waals surface area contributed by atoms with Crippen molar-refractivity contribution in [2.24, 2.45) is 0 Å².